The molecule has 0 atom stereocenters. The molecular formula is C5H12O3P. The summed E-state index contributed by atoms with van der Waals surface area (Å²) in [6, 6.07) is 0. The molecule has 0 aliphatic heterocycles. The summed E-state index contributed by atoms with van der Waals surface area (Å²) < 4.78 is 10.3. The average molecular weight is 151 g/mol. The molecule has 0 rings (SSSR count). The lowest BCUT2D eigenvalue weighted by Gasteiger charge is -2.17. The molecule has 4 heteroatoms. The Labute approximate surface area is 55.3 Å². The molecule has 0 heterocycles. The average Bonchev–Trinajstić information content (AvgIpc) is 1.14. The molecule has 9 heavy (non-hydrogen) atoms. The van der Waals surface area contributed by atoms with Gasteiger partial charge in [0.25, 0.3) is 0 Å². The predicted molar refractivity (Wildman–Crippen MR) is 36.0 cm³/mol. The van der Waals surface area contributed by atoms with Crippen LogP contribution in [-0.2, 0) is 4.57 Å². The van der Waals surface area contributed by atoms with E-state index >= 15 is 0 Å². The molecule has 0 aliphatic carbocycles. The van der Waals surface area contributed by atoms with Crippen LogP contribution in [0, 0.1) is 12.3 Å². The number of hydrogen-bond acceptors (Lipinski definition) is 1. The minimum atomic E-state index is -3.85. The SMILES string of the molecule is [CH2]C(C)(C)CP(=O)(O)O. The first-order valence-electron chi connectivity index (χ1n) is 2.61. The molecule has 0 aromatic heterocycles. The zero-order valence-electron chi connectivity index (χ0n) is 5.66. The fraction of sp³-hybridized carbons (Fsp3) is 0.800. The van der Waals surface area contributed by atoms with E-state index < -0.39 is 13.0 Å². The molecule has 0 saturated carbocycles. The Morgan fingerprint density at radius 3 is 1.89 bits per heavy atom. The van der Waals surface area contributed by atoms with E-state index in [1.54, 1.807) is 13.8 Å². The topological polar surface area (TPSA) is 57.5 Å². The molecule has 0 saturated heterocycles. The second-order valence-electron chi connectivity index (χ2n) is 2.99. The van der Waals surface area contributed by atoms with Crippen LogP contribution < -0.4 is 0 Å². The Kier molecular flexibility index (Phi) is 2.45. The minimum Gasteiger partial charge on any atom is -0.324 e. The molecular weight excluding hydrogens is 139 g/mol. The first-order chi connectivity index (χ1) is 3.71. The Morgan fingerprint density at radius 2 is 1.89 bits per heavy atom. The third-order valence-electron chi connectivity index (χ3n) is 0.634. The fourth-order valence-electron chi connectivity index (χ4n) is 0.558. The molecule has 0 aromatic rings. The summed E-state index contributed by atoms with van der Waals surface area (Å²) in [5.74, 6) is 0. The summed E-state index contributed by atoms with van der Waals surface area (Å²) in [5.41, 5.74) is -0.529. The number of rotatable bonds is 2. The second-order valence-corrected chi connectivity index (χ2v) is 4.63. The standard InChI is InChI=1S/C5H12O3P/c1-5(2,3)4-9(6,7)8/h1,4H2,2-3H3,(H2,6,7,8). The Balaban J connectivity index is 3.90. The lowest BCUT2D eigenvalue weighted by molar-refractivity contribution is 0.353. The zero-order valence-corrected chi connectivity index (χ0v) is 6.56. The van der Waals surface area contributed by atoms with Crippen molar-refractivity contribution in [1.82, 2.24) is 0 Å². The molecule has 1 radical (unpaired) electrons. The molecule has 0 fully saturated rings. The molecule has 3 nitrogen and oxygen atoms in total. The van der Waals surface area contributed by atoms with Gasteiger partial charge < -0.3 is 9.79 Å². The smallest absolute Gasteiger partial charge is 0.324 e. The zero-order chi connectivity index (χ0) is 7.71. The van der Waals surface area contributed by atoms with Crippen LogP contribution in [0.2, 0.25) is 0 Å². The van der Waals surface area contributed by atoms with Crippen LogP contribution in [0.15, 0.2) is 0 Å². The Morgan fingerprint density at radius 1 is 1.56 bits per heavy atom. The van der Waals surface area contributed by atoms with Crippen LogP contribution in [0.5, 0.6) is 0 Å². The van der Waals surface area contributed by atoms with E-state index in [9.17, 15) is 4.57 Å². The van der Waals surface area contributed by atoms with Crippen molar-refractivity contribution < 1.29 is 14.4 Å². The van der Waals surface area contributed by atoms with E-state index in [0.29, 0.717) is 0 Å². The van der Waals surface area contributed by atoms with Crippen molar-refractivity contribution in [3.8, 4) is 0 Å². The van der Waals surface area contributed by atoms with E-state index in [4.69, 9.17) is 9.79 Å². The van der Waals surface area contributed by atoms with Crippen LogP contribution in [0.4, 0.5) is 0 Å². The van der Waals surface area contributed by atoms with Gasteiger partial charge in [-0.25, -0.2) is 0 Å². The van der Waals surface area contributed by atoms with Gasteiger partial charge in [0.05, 0.1) is 6.16 Å². The maximum absolute atomic E-state index is 10.3. The van der Waals surface area contributed by atoms with E-state index in [2.05, 4.69) is 6.92 Å². The summed E-state index contributed by atoms with van der Waals surface area (Å²) >= 11 is 0. The van der Waals surface area contributed by atoms with Crippen molar-refractivity contribution in [1.29, 1.82) is 0 Å². The number of hydrogen-bond donors (Lipinski definition) is 2. The predicted octanol–water partition coefficient (Wildman–Crippen LogP) is 1.02. The third-order valence-corrected chi connectivity index (χ3v) is 1.90. The first-order valence-corrected chi connectivity index (χ1v) is 4.40. The highest BCUT2D eigenvalue weighted by Crippen LogP contribution is 2.40. The summed E-state index contributed by atoms with van der Waals surface area (Å²) in [6.07, 6.45) is -0.153. The van der Waals surface area contributed by atoms with Gasteiger partial charge in [-0.2, -0.15) is 0 Å². The minimum absolute atomic E-state index is 0.153. The molecule has 0 aliphatic rings. The quantitative estimate of drug-likeness (QED) is 0.579. The van der Waals surface area contributed by atoms with Crippen molar-refractivity contribution in [2.24, 2.45) is 5.41 Å². The van der Waals surface area contributed by atoms with Gasteiger partial charge in [0.15, 0.2) is 0 Å². The fourth-order valence-corrected chi connectivity index (χ4v) is 1.67. The van der Waals surface area contributed by atoms with E-state index in [1.807, 2.05) is 0 Å². The molecule has 0 spiro atoms. The molecule has 0 amide bonds. The summed E-state index contributed by atoms with van der Waals surface area (Å²) in [7, 11) is -3.85. The lowest BCUT2D eigenvalue weighted by atomic mass is 10.0. The van der Waals surface area contributed by atoms with Gasteiger partial charge >= 0.3 is 7.60 Å². The van der Waals surface area contributed by atoms with Gasteiger partial charge in [-0.05, 0) is 12.3 Å². The van der Waals surface area contributed by atoms with Crippen molar-refractivity contribution in [2.75, 3.05) is 6.16 Å². The normalized spacial score (nSPS) is 13.9. The highest BCUT2D eigenvalue weighted by Gasteiger charge is 2.23. The van der Waals surface area contributed by atoms with Crippen LogP contribution >= 0.6 is 7.60 Å². The monoisotopic (exact) mass is 151 g/mol. The van der Waals surface area contributed by atoms with Gasteiger partial charge in [-0.1, -0.05) is 13.8 Å². The van der Waals surface area contributed by atoms with Crippen LogP contribution in [-0.4, -0.2) is 15.9 Å². The van der Waals surface area contributed by atoms with E-state index in [0.717, 1.165) is 0 Å². The van der Waals surface area contributed by atoms with Gasteiger partial charge in [-0.15, -0.1) is 0 Å². The molecule has 2 N–H and O–H groups in total. The Hall–Kier alpha value is 0.150. The van der Waals surface area contributed by atoms with Crippen molar-refractivity contribution in [3.05, 3.63) is 6.92 Å². The highest BCUT2D eigenvalue weighted by atomic mass is 31.2. The van der Waals surface area contributed by atoms with Gasteiger partial charge in [0.1, 0.15) is 0 Å². The van der Waals surface area contributed by atoms with Crippen LogP contribution in [0.25, 0.3) is 0 Å². The van der Waals surface area contributed by atoms with Crippen molar-refractivity contribution >= 4 is 7.60 Å². The third kappa shape index (κ3) is 8.15. The second kappa shape index (κ2) is 2.41. The van der Waals surface area contributed by atoms with Crippen LogP contribution in [0.3, 0.4) is 0 Å². The molecule has 0 unspecified atom stereocenters. The largest absolute Gasteiger partial charge is 0.326 e. The van der Waals surface area contributed by atoms with Crippen molar-refractivity contribution in [3.63, 3.8) is 0 Å². The molecule has 0 aromatic carbocycles. The van der Waals surface area contributed by atoms with Gasteiger partial charge in [0.2, 0.25) is 0 Å². The highest BCUT2D eigenvalue weighted by molar-refractivity contribution is 7.51. The van der Waals surface area contributed by atoms with Gasteiger partial charge in [0, 0.05) is 0 Å². The van der Waals surface area contributed by atoms with Crippen LogP contribution in [0.1, 0.15) is 13.8 Å². The molecule has 55 valence electrons. The van der Waals surface area contributed by atoms with Gasteiger partial charge in [-0.3, -0.25) is 4.57 Å². The maximum Gasteiger partial charge on any atom is 0.326 e. The maximum atomic E-state index is 10.3. The van der Waals surface area contributed by atoms with E-state index in [1.165, 1.54) is 0 Å². The Bertz CT molecular complexity index is 130. The summed E-state index contributed by atoms with van der Waals surface area (Å²) in [6.45, 7) is 6.94. The van der Waals surface area contributed by atoms with Crippen molar-refractivity contribution in [2.45, 2.75) is 13.8 Å². The van der Waals surface area contributed by atoms with E-state index in [-0.39, 0.29) is 6.16 Å². The summed E-state index contributed by atoms with van der Waals surface area (Å²) in [5, 5.41) is 0. The summed E-state index contributed by atoms with van der Waals surface area (Å²) in [4.78, 5) is 16.8. The molecule has 0 bridgehead atoms. The lowest BCUT2D eigenvalue weighted by Crippen LogP contribution is -2.11. The first kappa shape index (κ1) is 9.15.